The second-order valence-electron chi connectivity index (χ2n) is 9.39. The topological polar surface area (TPSA) is 114 Å². The number of rotatable bonds is 6. The Labute approximate surface area is 204 Å². The van der Waals surface area contributed by atoms with Crippen LogP contribution in [-0.4, -0.2) is 39.9 Å². The van der Waals surface area contributed by atoms with Gasteiger partial charge in [-0.25, -0.2) is 4.79 Å². The lowest BCUT2D eigenvalue weighted by Crippen LogP contribution is -2.44. The van der Waals surface area contributed by atoms with E-state index < -0.39 is 11.2 Å². The second kappa shape index (κ2) is 9.84. The van der Waals surface area contributed by atoms with Gasteiger partial charge in [0.25, 0.3) is 5.56 Å². The number of fused-ring (bicyclic) bond motifs is 1. The highest BCUT2D eigenvalue weighted by molar-refractivity contribution is 5.90. The minimum absolute atomic E-state index is 0.0104. The fourth-order valence-corrected chi connectivity index (χ4v) is 4.93. The van der Waals surface area contributed by atoms with Gasteiger partial charge in [-0.15, -0.1) is 0 Å². The zero-order chi connectivity index (χ0) is 25.3. The third kappa shape index (κ3) is 4.37. The van der Waals surface area contributed by atoms with Gasteiger partial charge in [0.05, 0.1) is 12.1 Å². The van der Waals surface area contributed by atoms with E-state index in [0.717, 1.165) is 36.2 Å². The molecule has 1 aromatic carbocycles. The van der Waals surface area contributed by atoms with Crippen LogP contribution in [0.2, 0.25) is 0 Å². The van der Waals surface area contributed by atoms with Crippen molar-refractivity contribution in [3.05, 3.63) is 67.9 Å². The Morgan fingerprint density at radius 1 is 1.23 bits per heavy atom. The van der Waals surface area contributed by atoms with E-state index in [-0.39, 0.29) is 12.6 Å². The maximum atomic E-state index is 13.9. The third-order valence-electron chi connectivity index (χ3n) is 6.68. The van der Waals surface area contributed by atoms with E-state index in [4.69, 9.17) is 5.73 Å². The van der Waals surface area contributed by atoms with E-state index in [0.29, 0.717) is 35.5 Å². The van der Waals surface area contributed by atoms with Crippen LogP contribution >= 0.6 is 0 Å². The molecule has 0 spiro atoms. The number of piperidine rings is 1. The molecule has 0 saturated carbocycles. The van der Waals surface area contributed by atoms with Gasteiger partial charge >= 0.3 is 5.69 Å². The van der Waals surface area contributed by atoms with Crippen molar-refractivity contribution in [2.45, 2.75) is 45.8 Å². The number of nitrogens with two attached hydrogens (primary N) is 1. The molecule has 3 heterocycles. The van der Waals surface area contributed by atoms with Crippen molar-refractivity contribution in [2.75, 3.05) is 30.4 Å². The van der Waals surface area contributed by atoms with Crippen LogP contribution in [0.3, 0.4) is 0 Å². The van der Waals surface area contributed by atoms with E-state index >= 15 is 0 Å². The zero-order valence-electron chi connectivity index (χ0n) is 20.8. The Bertz CT molecular complexity index is 1450. The third-order valence-corrected chi connectivity index (χ3v) is 6.68. The van der Waals surface area contributed by atoms with E-state index in [1.54, 1.807) is 7.05 Å². The summed E-state index contributed by atoms with van der Waals surface area (Å²) in [6, 6.07) is 9.88. The van der Waals surface area contributed by atoms with Crippen molar-refractivity contribution >= 4 is 22.5 Å². The molecule has 0 amide bonds. The second-order valence-corrected chi connectivity index (χ2v) is 9.39. The number of hydrogen-bond acceptors (Lipinski definition) is 6. The summed E-state index contributed by atoms with van der Waals surface area (Å²) >= 11 is 0. The molecule has 3 aromatic rings. The molecular weight excluding hydrogens is 442 g/mol. The molecule has 4 rings (SSSR count). The minimum atomic E-state index is -0.453. The molecule has 0 bridgehead atoms. The van der Waals surface area contributed by atoms with Crippen LogP contribution in [-0.2, 0) is 20.1 Å². The standard InChI is InChI=1S/C26H33N7O2/c1-17(2)11-13-32-23-22(20(14-27)24(32)31-12-7-9-19(28)16-31)30(4)26(35)33(25(23)34)15-18-8-5-6-10-21(18)29-3/h5-6,8,10-11,19,29H,7,9,12-13,15-16,28H2,1-4H3/t19-/m0/s1. The largest absolute Gasteiger partial charge is 0.388 e. The van der Waals surface area contributed by atoms with Crippen molar-refractivity contribution in [1.82, 2.24) is 13.7 Å². The fourth-order valence-electron chi connectivity index (χ4n) is 4.93. The average Bonchev–Trinajstić information content (AvgIpc) is 3.18. The first kappa shape index (κ1) is 24.4. The SMILES string of the molecule is CNc1ccccc1Cn1c(=O)c2c(c(C#N)c(N3CCC[C@H](N)C3)n2CC=C(C)C)n(C)c1=O. The predicted octanol–water partition coefficient (Wildman–Crippen LogP) is 2.36. The summed E-state index contributed by atoms with van der Waals surface area (Å²) in [4.78, 5) is 29.5. The van der Waals surface area contributed by atoms with Gasteiger partial charge in [0.15, 0.2) is 0 Å². The van der Waals surface area contributed by atoms with E-state index in [2.05, 4.69) is 16.3 Å². The van der Waals surface area contributed by atoms with E-state index in [1.165, 1.54) is 9.13 Å². The molecule has 2 aromatic heterocycles. The van der Waals surface area contributed by atoms with Crippen LogP contribution in [0, 0.1) is 11.3 Å². The molecule has 9 nitrogen and oxygen atoms in total. The Kier molecular flexibility index (Phi) is 6.85. The molecule has 0 aliphatic carbocycles. The molecule has 0 radical (unpaired) electrons. The van der Waals surface area contributed by atoms with Crippen molar-refractivity contribution in [2.24, 2.45) is 12.8 Å². The van der Waals surface area contributed by atoms with Crippen LogP contribution in [0.15, 0.2) is 45.5 Å². The number of aryl methyl sites for hydroxylation is 1. The van der Waals surface area contributed by atoms with Gasteiger partial charge in [-0.05, 0) is 38.3 Å². The summed E-state index contributed by atoms with van der Waals surface area (Å²) in [5.41, 5.74) is 9.27. The van der Waals surface area contributed by atoms with Gasteiger partial charge in [0.1, 0.15) is 23.0 Å². The minimum Gasteiger partial charge on any atom is -0.388 e. The van der Waals surface area contributed by atoms with E-state index in [1.807, 2.05) is 55.8 Å². The number of nitriles is 1. The number of aromatic nitrogens is 3. The number of para-hydroxylation sites is 1. The Morgan fingerprint density at radius 3 is 2.63 bits per heavy atom. The summed E-state index contributed by atoms with van der Waals surface area (Å²) in [7, 11) is 3.44. The first-order valence-electron chi connectivity index (χ1n) is 11.9. The lowest BCUT2D eigenvalue weighted by Gasteiger charge is -2.33. The highest BCUT2D eigenvalue weighted by atomic mass is 16.2. The molecule has 35 heavy (non-hydrogen) atoms. The fraction of sp³-hybridized carbons (Fsp3) is 0.423. The smallest absolute Gasteiger partial charge is 0.331 e. The van der Waals surface area contributed by atoms with Crippen LogP contribution < -0.4 is 27.2 Å². The van der Waals surface area contributed by atoms with Gasteiger partial charge in [-0.2, -0.15) is 5.26 Å². The van der Waals surface area contributed by atoms with Gasteiger partial charge in [-0.3, -0.25) is 13.9 Å². The lowest BCUT2D eigenvalue weighted by atomic mass is 10.1. The summed E-state index contributed by atoms with van der Waals surface area (Å²) < 4.78 is 4.58. The summed E-state index contributed by atoms with van der Waals surface area (Å²) in [6.07, 6.45) is 3.85. The average molecular weight is 476 g/mol. The number of benzene rings is 1. The highest BCUT2D eigenvalue weighted by Crippen LogP contribution is 2.32. The van der Waals surface area contributed by atoms with Crippen LogP contribution in [0.1, 0.15) is 37.8 Å². The molecular formula is C26H33N7O2. The van der Waals surface area contributed by atoms with Crippen LogP contribution in [0.25, 0.3) is 11.0 Å². The normalized spacial score (nSPS) is 15.8. The van der Waals surface area contributed by atoms with Crippen LogP contribution in [0.4, 0.5) is 11.5 Å². The summed E-state index contributed by atoms with van der Waals surface area (Å²) in [5.74, 6) is 0.663. The van der Waals surface area contributed by atoms with Gasteiger partial charge < -0.3 is 20.5 Å². The number of anilines is 2. The van der Waals surface area contributed by atoms with Crippen molar-refractivity contribution in [3.63, 3.8) is 0 Å². The number of nitrogens with zero attached hydrogens (tertiary/aromatic N) is 5. The Hall–Kier alpha value is -3.77. The number of hydrogen-bond donors (Lipinski definition) is 2. The maximum absolute atomic E-state index is 13.9. The van der Waals surface area contributed by atoms with Crippen molar-refractivity contribution in [3.8, 4) is 6.07 Å². The van der Waals surface area contributed by atoms with Gasteiger partial charge in [-0.1, -0.05) is 29.8 Å². The van der Waals surface area contributed by atoms with Crippen LogP contribution in [0.5, 0.6) is 0 Å². The Morgan fingerprint density at radius 2 is 1.97 bits per heavy atom. The molecule has 1 fully saturated rings. The summed E-state index contributed by atoms with van der Waals surface area (Å²) in [5, 5.41) is 13.3. The lowest BCUT2D eigenvalue weighted by molar-refractivity contribution is 0.498. The molecule has 1 aliphatic rings. The van der Waals surface area contributed by atoms with Gasteiger partial charge in [0.2, 0.25) is 0 Å². The van der Waals surface area contributed by atoms with Crippen molar-refractivity contribution in [1.29, 1.82) is 5.26 Å². The monoisotopic (exact) mass is 475 g/mol. The predicted molar refractivity (Wildman–Crippen MR) is 140 cm³/mol. The molecule has 0 unspecified atom stereocenters. The Balaban J connectivity index is 2.04. The van der Waals surface area contributed by atoms with Gasteiger partial charge in [0, 0.05) is 45.5 Å². The maximum Gasteiger partial charge on any atom is 0.331 e. The first-order chi connectivity index (χ1) is 16.8. The first-order valence-corrected chi connectivity index (χ1v) is 11.9. The summed E-state index contributed by atoms with van der Waals surface area (Å²) in [6.45, 7) is 5.87. The molecule has 1 atom stereocenters. The number of allylic oxidation sites excluding steroid dienone is 2. The quantitative estimate of drug-likeness (QED) is 0.529. The molecule has 184 valence electrons. The molecule has 1 aliphatic heterocycles. The van der Waals surface area contributed by atoms with Crippen molar-refractivity contribution < 1.29 is 0 Å². The molecule has 3 N–H and O–H groups in total. The van der Waals surface area contributed by atoms with E-state index in [9.17, 15) is 14.9 Å². The number of nitrogens with one attached hydrogen (secondary N) is 1. The zero-order valence-corrected chi connectivity index (χ0v) is 20.8. The molecule has 1 saturated heterocycles. The molecule has 9 heteroatoms. The highest BCUT2D eigenvalue weighted by Gasteiger charge is 2.29.